The second kappa shape index (κ2) is 6.79. The molecule has 1 fully saturated rings. The Hall–Kier alpha value is -2.95. The minimum atomic E-state index is -0.768. The number of hydrogen-bond acceptors (Lipinski definition) is 3. The molecule has 3 aromatic carbocycles. The van der Waals surface area contributed by atoms with Crippen molar-refractivity contribution in [2.75, 3.05) is 19.6 Å². The first-order valence-corrected chi connectivity index (χ1v) is 10.7. The van der Waals surface area contributed by atoms with Crippen LogP contribution in [-0.4, -0.2) is 41.7 Å². The molecule has 0 spiro atoms. The summed E-state index contributed by atoms with van der Waals surface area (Å²) >= 11 is 0. The monoisotopic (exact) mass is 396 g/mol. The Morgan fingerprint density at radius 2 is 1.43 bits per heavy atom. The Bertz CT molecular complexity index is 1110. The number of piperazine rings is 1. The molecule has 3 aliphatic carbocycles. The molecule has 1 atom stereocenters. The van der Waals surface area contributed by atoms with Crippen LogP contribution in [0, 0.1) is 0 Å². The Balaban J connectivity index is 1.38. The highest BCUT2D eigenvalue weighted by Crippen LogP contribution is 2.55. The topological polar surface area (TPSA) is 52.6 Å². The fourth-order valence-electron chi connectivity index (χ4n) is 5.69. The molecule has 1 heterocycles. The normalized spacial score (nSPS) is 24.1. The van der Waals surface area contributed by atoms with Crippen LogP contribution in [0.15, 0.2) is 66.7 Å². The average molecular weight is 396 g/mol. The van der Waals surface area contributed by atoms with Crippen molar-refractivity contribution >= 4 is 5.97 Å². The molecule has 0 radical (unpaired) electrons. The van der Waals surface area contributed by atoms with Gasteiger partial charge in [-0.05, 0) is 38.9 Å². The lowest BCUT2D eigenvalue weighted by atomic mass is 9.61. The summed E-state index contributed by atoms with van der Waals surface area (Å²) in [6.07, 6.45) is 0. The quantitative estimate of drug-likeness (QED) is 0.490. The number of aliphatic carboxylic acids is 1. The molecule has 7 rings (SSSR count). The second-order valence-corrected chi connectivity index (χ2v) is 8.67. The van der Waals surface area contributed by atoms with Gasteiger partial charge in [0.2, 0.25) is 0 Å². The zero-order valence-corrected chi connectivity index (χ0v) is 16.7. The molecule has 0 unspecified atom stereocenters. The van der Waals surface area contributed by atoms with Gasteiger partial charge in [-0.25, -0.2) is 0 Å². The highest BCUT2D eigenvalue weighted by atomic mass is 16.4. The van der Waals surface area contributed by atoms with Gasteiger partial charge in [-0.3, -0.25) is 9.69 Å². The maximum atomic E-state index is 11.4. The van der Waals surface area contributed by atoms with Crippen LogP contribution >= 0.6 is 0 Å². The predicted octanol–water partition coefficient (Wildman–Crippen LogP) is 3.53. The third kappa shape index (κ3) is 2.64. The Labute approximate surface area is 176 Å². The van der Waals surface area contributed by atoms with Crippen LogP contribution in [0.25, 0.3) is 0 Å². The molecule has 4 nitrogen and oxygen atoms in total. The summed E-state index contributed by atoms with van der Waals surface area (Å²) in [7, 11) is 0. The molecule has 0 saturated carbocycles. The standard InChI is InChI=1S/C26H24N2O2/c29-26(30)23-15-28(12-11-27-23)14-16-9-10-21-22(13-16)25-19-7-3-1-5-17(19)24(21)18-6-2-4-8-20(18)25/h1-10,13,23-25,27H,11-12,14-15H2,(H,29,30)/t23-,24?,25?/m0/s1. The highest BCUT2D eigenvalue weighted by molar-refractivity contribution is 5.74. The van der Waals surface area contributed by atoms with E-state index >= 15 is 0 Å². The molecule has 4 aliphatic rings. The van der Waals surface area contributed by atoms with Gasteiger partial charge in [0.15, 0.2) is 0 Å². The van der Waals surface area contributed by atoms with E-state index in [0.717, 1.165) is 13.1 Å². The number of carbonyl (C=O) groups is 1. The molecule has 1 saturated heterocycles. The minimum absolute atomic E-state index is 0.284. The lowest BCUT2D eigenvalue weighted by molar-refractivity contribution is -0.140. The summed E-state index contributed by atoms with van der Waals surface area (Å²) in [6, 6.07) is 24.2. The van der Waals surface area contributed by atoms with E-state index in [4.69, 9.17) is 0 Å². The van der Waals surface area contributed by atoms with Gasteiger partial charge in [0.25, 0.3) is 0 Å². The zero-order valence-electron chi connectivity index (χ0n) is 16.7. The summed E-state index contributed by atoms with van der Waals surface area (Å²) in [4.78, 5) is 13.6. The van der Waals surface area contributed by atoms with Gasteiger partial charge in [0, 0.05) is 38.0 Å². The SMILES string of the molecule is O=C(O)[C@@H]1CN(Cc2ccc3c(c2)C2c4ccccc4C3c3ccccc32)CCN1. The lowest BCUT2D eigenvalue weighted by Gasteiger charge is -2.42. The molecular weight excluding hydrogens is 372 g/mol. The molecule has 0 aromatic heterocycles. The van der Waals surface area contributed by atoms with Gasteiger partial charge in [-0.15, -0.1) is 0 Å². The van der Waals surface area contributed by atoms with E-state index in [0.29, 0.717) is 19.0 Å². The first-order chi connectivity index (χ1) is 14.7. The van der Waals surface area contributed by atoms with Crippen LogP contribution in [0.5, 0.6) is 0 Å². The highest BCUT2D eigenvalue weighted by Gasteiger charge is 2.40. The van der Waals surface area contributed by atoms with E-state index in [1.165, 1.54) is 38.9 Å². The first kappa shape index (κ1) is 17.9. The van der Waals surface area contributed by atoms with Crippen molar-refractivity contribution in [3.63, 3.8) is 0 Å². The van der Waals surface area contributed by atoms with E-state index in [2.05, 4.69) is 76.9 Å². The van der Waals surface area contributed by atoms with Crippen molar-refractivity contribution < 1.29 is 9.90 Å². The zero-order chi connectivity index (χ0) is 20.2. The van der Waals surface area contributed by atoms with Gasteiger partial charge in [0.1, 0.15) is 6.04 Å². The van der Waals surface area contributed by atoms with E-state index in [-0.39, 0.29) is 5.92 Å². The van der Waals surface area contributed by atoms with Crippen LogP contribution in [0.1, 0.15) is 50.8 Å². The molecule has 150 valence electrons. The molecule has 0 amide bonds. The van der Waals surface area contributed by atoms with Crippen LogP contribution in [0.4, 0.5) is 0 Å². The number of nitrogens with zero attached hydrogens (tertiary/aromatic N) is 1. The maximum Gasteiger partial charge on any atom is 0.322 e. The predicted molar refractivity (Wildman–Crippen MR) is 116 cm³/mol. The summed E-state index contributed by atoms with van der Waals surface area (Å²) < 4.78 is 0. The van der Waals surface area contributed by atoms with Gasteiger partial charge in [-0.1, -0.05) is 66.7 Å². The molecule has 30 heavy (non-hydrogen) atoms. The Morgan fingerprint density at radius 3 is 2.03 bits per heavy atom. The van der Waals surface area contributed by atoms with Crippen LogP contribution in [0.3, 0.4) is 0 Å². The third-order valence-electron chi connectivity index (χ3n) is 6.97. The number of carboxylic acids is 1. The fraction of sp³-hybridized carbons (Fsp3) is 0.269. The van der Waals surface area contributed by atoms with Crippen LogP contribution in [-0.2, 0) is 11.3 Å². The lowest BCUT2D eigenvalue weighted by Crippen LogP contribution is -2.53. The smallest absolute Gasteiger partial charge is 0.322 e. The van der Waals surface area contributed by atoms with E-state index in [1.54, 1.807) is 0 Å². The van der Waals surface area contributed by atoms with Crippen molar-refractivity contribution in [3.8, 4) is 0 Å². The second-order valence-electron chi connectivity index (χ2n) is 8.67. The van der Waals surface area contributed by atoms with Gasteiger partial charge in [-0.2, -0.15) is 0 Å². The summed E-state index contributed by atoms with van der Waals surface area (Å²) in [5.74, 6) is -0.176. The average Bonchev–Trinajstić information content (AvgIpc) is 2.79. The van der Waals surface area contributed by atoms with Gasteiger partial charge in [0.05, 0.1) is 0 Å². The van der Waals surface area contributed by atoms with Crippen LogP contribution < -0.4 is 5.32 Å². The number of nitrogens with one attached hydrogen (secondary N) is 1. The molecular formula is C26H24N2O2. The molecule has 4 heteroatoms. The molecule has 3 aromatic rings. The van der Waals surface area contributed by atoms with Crippen molar-refractivity contribution in [1.82, 2.24) is 10.2 Å². The van der Waals surface area contributed by atoms with Crippen LogP contribution in [0.2, 0.25) is 0 Å². The number of rotatable bonds is 3. The Kier molecular flexibility index (Phi) is 4.05. The van der Waals surface area contributed by atoms with E-state index < -0.39 is 12.0 Å². The largest absolute Gasteiger partial charge is 0.480 e. The van der Waals surface area contributed by atoms with Gasteiger partial charge >= 0.3 is 5.97 Å². The number of carboxylic acid groups (broad SMARTS) is 1. The Morgan fingerprint density at radius 1 is 0.867 bits per heavy atom. The fourth-order valence-corrected chi connectivity index (χ4v) is 5.69. The van der Waals surface area contributed by atoms with Crippen molar-refractivity contribution in [2.24, 2.45) is 0 Å². The minimum Gasteiger partial charge on any atom is -0.480 e. The van der Waals surface area contributed by atoms with Crippen molar-refractivity contribution in [2.45, 2.75) is 24.4 Å². The molecule has 1 aliphatic heterocycles. The number of hydrogen-bond donors (Lipinski definition) is 2. The third-order valence-corrected chi connectivity index (χ3v) is 6.97. The number of benzene rings is 3. The van der Waals surface area contributed by atoms with E-state index in [9.17, 15) is 9.90 Å². The molecule has 2 bridgehead atoms. The maximum absolute atomic E-state index is 11.4. The van der Waals surface area contributed by atoms with Crippen molar-refractivity contribution in [3.05, 3.63) is 106 Å². The first-order valence-electron chi connectivity index (χ1n) is 10.7. The summed E-state index contributed by atoms with van der Waals surface area (Å²) in [5.41, 5.74) is 9.84. The molecule has 2 N–H and O–H groups in total. The van der Waals surface area contributed by atoms with Gasteiger partial charge < -0.3 is 10.4 Å². The summed E-state index contributed by atoms with van der Waals surface area (Å²) in [6.45, 7) is 2.93. The van der Waals surface area contributed by atoms with Crippen molar-refractivity contribution in [1.29, 1.82) is 0 Å². The van der Waals surface area contributed by atoms with E-state index in [1.807, 2.05) is 0 Å². The summed E-state index contributed by atoms with van der Waals surface area (Å²) in [5, 5.41) is 12.4.